The van der Waals surface area contributed by atoms with Gasteiger partial charge in [-0.1, -0.05) is 11.6 Å². The number of amides is 1. The molecule has 8 heteroatoms. The molecule has 1 unspecified atom stereocenters. The second kappa shape index (κ2) is 6.21. The van der Waals surface area contributed by atoms with Crippen molar-refractivity contribution in [3.8, 4) is 11.3 Å². The Balaban J connectivity index is 2.04. The van der Waals surface area contributed by atoms with Crippen LogP contribution >= 0.6 is 22.9 Å². The van der Waals surface area contributed by atoms with Gasteiger partial charge in [0.05, 0.1) is 21.6 Å². The number of halogens is 2. The van der Waals surface area contributed by atoms with Gasteiger partial charge in [0.25, 0.3) is 0 Å². The first-order valence-electron chi connectivity index (χ1n) is 7.85. The Morgan fingerprint density at radius 2 is 2.16 bits per heavy atom. The van der Waals surface area contributed by atoms with Crippen LogP contribution in [0.5, 0.6) is 0 Å². The summed E-state index contributed by atoms with van der Waals surface area (Å²) in [5.41, 5.74) is 1.00. The molecule has 0 radical (unpaired) electrons. The standard InChI is InChI=1S/C17H19ClFN3O2S/c1-8-21-13-11-9(7-20-15(18)12(11)19)6-10(14(13)25-8)22(5)16(23)24-17(2,3)4/h7,10H,6H2,1-5H3. The van der Waals surface area contributed by atoms with Crippen LogP contribution in [0.2, 0.25) is 5.15 Å². The Labute approximate surface area is 154 Å². The lowest BCUT2D eigenvalue weighted by molar-refractivity contribution is 0.0221. The van der Waals surface area contributed by atoms with Crippen LogP contribution in [0, 0.1) is 12.7 Å². The summed E-state index contributed by atoms with van der Waals surface area (Å²) in [6, 6.07) is -0.286. The minimum absolute atomic E-state index is 0.172. The van der Waals surface area contributed by atoms with Crippen molar-refractivity contribution in [3.63, 3.8) is 0 Å². The normalized spacial score (nSPS) is 16.2. The van der Waals surface area contributed by atoms with Crippen LogP contribution in [-0.2, 0) is 11.2 Å². The van der Waals surface area contributed by atoms with E-state index in [4.69, 9.17) is 16.3 Å². The Hall–Kier alpha value is -1.73. The monoisotopic (exact) mass is 383 g/mol. The number of fused-ring (bicyclic) bond motifs is 3. The molecule has 2 aromatic heterocycles. The lowest BCUT2D eigenvalue weighted by atomic mass is 9.90. The average Bonchev–Trinajstić information content (AvgIpc) is 2.88. The van der Waals surface area contributed by atoms with Gasteiger partial charge in [0.2, 0.25) is 0 Å². The Kier molecular flexibility index (Phi) is 4.49. The topological polar surface area (TPSA) is 55.3 Å². The van der Waals surface area contributed by atoms with E-state index < -0.39 is 17.5 Å². The van der Waals surface area contributed by atoms with Crippen LogP contribution in [0.15, 0.2) is 6.20 Å². The van der Waals surface area contributed by atoms with E-state index in [-0.39, 0.29) is 11.2 Å². The van der Waals surface area contributed by atoms with Crippen molar-refractivity contribution in [2.45, 2.75) is 45.8 Å². The highest BCUT2D eigenvalue weighted by atomic mass is 35.5. The number of hydrogen-bond donors (Lipinski definition) is 0. The van der Waals surface area contributed by atoms with Gasteiger partial charge in [0.15, 0.2) is 11.0 Å². The van der Waals surface area contributed by atoms with Gasteiger partial charge in [-0.3, -0.25) is 0 Å². The highest BCUT2D eigenvalue weighted by Gasteiger charge is 2.36. The number of hydrogen-bond acceptors (Lipinski definition) is 5. The summed E-state index contributed by atoms with van der Waals surface area (Å²) in [6.07, 6.45) is 1.55. The second-order valence-corrected chi connectivity index (χ2v) is 8.61. The van der Waals surface area contributed by atoms with Gasteiger partial charge in [-0.05, 0) is 33.3 Å². The van der Waals surface area contributed by atoms with Crippen LogP contribution < -0.4 is 0 Å². The quantitative estimate of drug-likeness (QED) is 0.665. The summed E-state index contributed by atoms with van der Waals surface area (Å²) in [7, 11) is 1.68. The lowest BCUT2D eigenvalue weighted by Gasteiger charge is -2.33. The lowest BCUT2D eigenvalue weighted by Crippen LogP contribution is -2.38. The molecule has 0 spiro atoms. The Bertz CT molecular complexity index is 847. The molecule has 0 aliphatic heterocycles. The SMILES string of the molecule is Cc1nc2c(s1)C(N(C)C(=O)OC(C)(C)C)Cc1cnc(Cl)c(F)c1-2. The van der Waals surface area contributed by atoms with E-state index in [0.29, 0.717) is 23.2 Å². The average molecular weight is 384 g/mol. The van der Waals surface area contributed by atoms with Gasteiger partial charge in [0.1, 0.15) is 5.60 Å². The van der Waals surface area contributed by atoms with Crippen molar-refractivity contribution in [2.75, 3.05) is 7.05 Å². The molecule has 2 heterocycles. The zero-order valence-electron chi connectivity index (χ0n) is 14.7. The van der Waals surface area contributed by atoms with E-state index in [0.717, 1.165) is 9.88 Å². The highest BCUT2D eigenvalue weighted by Crippen LogP contribution is 2.45. The number of thiazole rings is 1. The number of carbonyl (C=O) groups is 1. The van der Waals surface area contributed by atoms with Crippen molar-refractivity contribution >= 4 is 29.0 Å². The zero-order chi connectivity index (χ0) is 18.5. The maximum absolute atomic E-state index is 14.5. The first-order chi connectivity index (χ1) is 11.6. The Morgan fingerprint density at radius 1 is 1.48 bits per heavy atom. The van der Waals surface area contributed by atoms with Crippen molar-refractivity contribution in [2.24, 2.45) is 0 Å². The molecule has 0 fully saturated rings. The molecular formula is C17H19ClFN3O2S. The second-order valence-electron chi connectivity index (χ2n) is 7.02. The van der Waals surface area contributed by atoms with Crippen LogP contribution in [0.3, 0.4) is 0 Å². The van der Waals surface area contributed by atoms with Crippen LogP contribution in [0.1, 0.15) is 42.3 Å². The van der Waals surface area contributed by atoms with Crippen molar-refractivity contribution in [3.05, 3.63) is 32.6 Å². The summed E-state index contributed by atoms with van der Waals surface area (Å²) in [5.74, 6) is -0.566. The van der Waals surface area contributed by atoms with Crippen molar-refractivity contribution in [1.82, 2.24) is 14.9 Å². The predicted octanol–water partition coefficient (Wildman–Crippen LogP) is 4.77. The van der Waals surface area contributed by atoms with Crippen LogP contribution in [0.4, 0.5) is 9.18 Å². The fourth-order valence-corrected chi connectivity index (χ4v) is 4.05. The molecule has 0 saturated heterocycles. The van der Waals surface area contributed by atoms with Crippen molar-refractivity contribution < 1.29 is 13.9 Å². The van der Waals surface area contributed by atoms with Gasteiger partial charge >= 0.3 is 6.09 Å². The van der Waals surface area contributed by atoms with Crippen LogP contribution in [-0.4, -0.2) is 33.6 Å². The smallest absolute Gasteiger partial charge is 0.410 e. The molecular weight excluding hydrogens is 365 g/mol. The van der Waals surface area contributed by atoms with Gasteiger partial charge in [0, 0.05) is 25.2 Å². The third-order valence-corrected chi connectivity index (χ3v) is 5.25. The molecule has 0 bridgehead atoms. The maximum atomic E-state index is 14.5. The van der Waals surface area contributed by atoms with Gasteiger partial charge in [-0.2, -0.15) is 0 Å². The fraction of sp³-hybridized carbons (Fsp3) is 0.471. The summed E-state index contributed by atoms with van der Waals surface area (Å²) in [6.45, 7) is 7.31. The fourth-order valence-electron chi connectivity index (χ4n) is 2.83. The molecule has 1 aliphatic carbocycles. The van der Waals surface area contributed by atoms with Gasteiger partial charge in [-0.25, -0.2) is 19.2 Å². The Morgan fingerprint density at radius 3 is 2.80 bits per heavy atom. The van der Waals surface area contributed by atoms with E-state index in [9.17, 15) is 9.18 Å². The van der Waals surface area contributed by atoms with E-state index in [1.165, 1.54) is 16.2 Å². The summed E-state index contributed by atoms with van der Waals surface area (Å²) < 4.78 is 20.0. The highest BCUT2D eigenvalue weighted by molar-refractivity contribution is 7.12. The van der Waals surface area contributed by atoms with E-state index in [1.807, 2.05) is 27.7 Å². The third-order valence-electron chi connectivity index (χ3n) is 3.92. The zero-order valence-corrected chi connectivity index (χ0v) is 16.3. The number of aromatic nitrogens is 2. The molecule has 5 nitrogen and oxygen atoms in total. The number of rotatable bonds is 1. The largest absolute Gasteiger partial charge is 0.444 e. The number of aryl methyl sites for hydroxylation is 1. The molecule has 0 N–H and O–H groups in total. The first kappa shape index (κ1) is 18.1. The number of ether oxygens (including phenoxy) is 1. The van der Waals surface area contributed by atoms with Gasteiger partial charge in [-0.15, -0.1) is 11.3 Å². The minimum atomic E-state index is -0.592. The minimum Gasteiger partial charge on any atom is -0.444 e. The third kappa shape index (κ3) is 3.35. The van der Waals surface area contributed by atoms with Crippen molar-refractivity contribution in [1.29, 1.82) is 0 Å². The summed E-state index contributed by atoms with van der Waals surface area (Å²) in [5, 5.41) is 0.627. The first-order valence-corrected chi connectivity index (χ1v) is 9.04. The molecule has 134 valence electrons. The molecule has 1 aliphatic rings. The summed E-state index contributed by atoms with van der Waals surface area (Å²) >= 11 is 7.30. The number of likely N-dealkylation sites (N-methyl/N-ethyl adjacent to an activating group) is 1. The number of carbonyl (C=O) groups excluding carboxylic acids is 1. The van der Waals surface area contributed by atoms with E-state index in [2.05, 4.69) is 9.97 Å². The summed E-state index contributed by atoms with van der Waals surface area (Å²) in [4.78, 5) is 23.2. The van der Waals surface area contributed by atoms with Gasteiger partial charge < -0.3 is 9.64 Å². The predicted molar refractivity (Wildman–Crippen MR) is 95.5 cm³/mol. The van der Waals surface area contributed by atoms with E-state index in [1.54, 1.807) is 13.2 Å². The van der Waals surface area contributed by atoms with E-state index >= 15 is 0 Å². The number of nitrogens with zero attached hydrogens (tertiary/aromatic N) is 3. The molecule has 1 atom stereocenters. The molecule has 2 aromatic rings. The number of pyridine rings is 1. The molecule has 1 amide bonds. The molecule has 25 heavy (non-hydrogen) atoms. The van der Waals surface area contributed by atoms with Crippen LogP contribution in [0.25, 0.3) is 11.3 Å². The molecule has 0 aromatic carbocycles. The molecule has 3 rings (SSSR count). The molecule has 0 saturated carbocycles. The maximum Gasteiger partial charge on any atom is 0.410 e.